The van der Waals surface area contributed by atoms with Crippen LogP contribution in [-0.2, 0) is 0 Å². The van der Waals surface area contributed by atoms with Gasteiger partial charge in [0.2, 0.25) is 0 Å². The van der Waals surface area contributed by atoms with E-state index in [1.54, 1.807) is 0 Å². The molecule has 0 aromatic heterocycles. The molecule has 0 saturated carbocycles. The molecule has 2 rings (SSSR count). The molecule has 0 nitrogen and oxygen atoms in total. The quantitative estimate of drug-likeness (QED) is 0.674. The van der Waals surface area contributed by atoms with Gasteiger partial charge >= 0.3 is 0 Å². The van der Waals surface area contributed by atoms with Crippen LogP contribution in [0.3, 0.4) is 0 Å². The highest BCUT2D eigenvalue weighted by molar-refractivity contribution is 7.80. The molecule has 0 aliphatic carbocycles. The average molecular weight is 214 g/mol. The minimum atomic E-state index is 1.03. The Balaban J connectivity index is 2.58. The summed E-state index contributed by atoms with van der Waals surface area (Å²) in [6.45, 7) is 4.21. The molecule has 0 atom stereocenters. The molecule has 0 unspecified atom stereocenters. The van der Waals surface area contributed by atoms with E-state index >= 15 is 0 Å². The Hall–Kier alpha value is -1.21. The molecule has 0 aliphatic heterocycles. The van der Waals surface area contributed by atoms with Gasteiger partial charge in [-0.2, -0.15) is 0 Å². The van der Waals surface area contributed by atoms with Crippen molar-refractivity contribution in [3.05, 3.63) is 53.6 Å². The summed E-state index contributed by atoms with van der Waals surface area (Å²) in [7, 11) is 0. The summed E-state index contributed by atoms with van der Waals surface area (Å²) in [4.78, 5) is 1.03. The van der Waals surface area contributed by atoms with Gasteiger partial charge < -0.3 is 0 Å². The van der Waals surface area contributed by atoms with Crippen LogP contribution in [0.15, 0.2) is 47.4 Å². The fraction of sp³-hybridized carbons (Fsp3) is 0.143. The van der Waals surface area contributed by atoms with E-state index in [-0.39, 0.29) is 0 Å². The van der Waals surface area contributed by atoms with Gasteiger partial charge in [0.1, 0.15) is 0 Å². The maximum absolute atomic E-state index is 4.49. The van der Waals surface area contributed by atoms with Crippen molar-refractivity contribution in [2.45, 2.75) is 18.7 Å². The highest BCUT2D eigenvalue weighted by Crippen LogP contribution is 2.27. The topological polar surface area (TPSA) is 0 Å². The molecule has 0 radical (unpaired) electrons. The number of aryl methyl sites for hydroxylation is 2. The average Bonchev–Trinajstić information content (AvgIpc) is 2.22. The van der Waals surface area contributed by atoms with E-state index in [0.29, 0.717) is 0 Å². The van der Waals surface area contributed by atoms with Gasteiger partial charge in [-0.25, -0.2) is 0 Å². The molecule has 0 saturated heterocycles. The second-order valence-electron chi connectivity index (χ2n) is 3.89. The summed E-state index contributed by atoms with van der Waals surface area (Å²) >= 11 is 4.49. The summed E-state index contributed by atoms with van der Waals surface area (Å²) in [5, 5.41) is 0. The summed E-state index contributed by atoms with van der Waals surface area (Å²) in [6.07, 6.45) is 0. The minimum absolute atomic E-state index is 1.03. The Morgan fingerprint density at radius 1 is 0.867 bits per heavy atom. The van der Waals surface area contributed by atoms with E-state index < -0.39 is 0 Å². The third kappa shape index (κ3) is 2.24. The fourth-order valence-electron chi connectivity index (χ4n) is 1.69. The van der Waals surface area contributed by atoms with Crippen LogP contribution >= 0.6 is 12.6 Å². The lowest BCUT2D eigenvalue weighted by Crippen LogP contribution is -1.83. The van der Waals surface area contributed by atoms with Crippen molar-refractivity contribution in [3.63, 3.8) is 0 Å². The van der Waals surface area contributed by atoms with Gasteiger partial charge in [-0.1, -0.05) is 47.5 Å². The Bertz CT molecular complexity index is 486. The lowest BCUT2D eigenvalue weighted by Gasteiger charge is -2.07. The van der Waals surface area contributed by atoms with E-state index in [0.717, 1.165) is 4.90 Å². The minimum Gasteiger partial charge on any atom is -0.143 e. The first-order valence-electron chi connectivity index (χ1n) is 5.03. The van der Waals surface area contributed by atoms with Crippen molar-refractivity contribution < 1.29 is 0 Å². The molecule has 0 bridgehead atoms. The fourth-order valence-corrected chi connectivity index (χ4v) is 1.96. The lowest BCUT2D eigenvalue weighted by molar-refractivity contribution is 1.37. The number of benzene rings is 2. The van der Waals surface area contributed by atoms with Crippen molar-refractivity contribution in [3.8, 4) is 11.1 Å². The molecule has 2 aromatic carbocycles. The van der Waals surface area contributed by atoms with Gasteiger partial charge in [0.25, 0.3) is 0 Å². The maximum atomic E-state index is 4.49. The summed E-state index contributed by atoms with van der Waals surface area (Å²) in [5.74, 6) is 0. The van der Waals surface area contributed by atoms with Crippen LogP contribution in [-0.4, -0.2) is 0 Å². The predicted octanol–water partition coefficient (Wildman–Crippen LogP) is 4.26. The highest BCUT2D eigenvalue weighted by atomic mass is 32.1. The first-order chi connectivity index (χ1) is 7.16. The molecule has 0 spiro atoms. The van der Waals surface area contributed by atoms with Gasteiger partial charge in [0.05, 0.1) is 0 Å². The van der Waals surface area contributed by atoms with Crippen LogP contribution in [0.25, 0.3) is 11.1 Å². The molecule has 0 amide bonds. The van der Waals surface area contributed by atoms with Gasteiger partial charge in [-0.05, 0) is 31.0 Å². The maximum Gasteiger partial charge on any atom is 0.0119 e. The van der Waals surface area contributed by atoms with Crippen molar-refractivity contribution in [2.24, 2.45) is 0 Å². The first-order valence-corrected chi connectivity index (χ1v) is 5.48. The number of rotatable bonds is 1. The van der Waals surface area contributed by atoms with Crippen molar-refractivity contribution in [1.29, 1.82) is 0 Å². The number of thiol groups is 1. The van der Waals surface area contributed by atoms with Crippen molar-refractivity contribution in [1.82, 2.24) is 0 Å². The Labute approximate surface area is 96.4 Å². The third-order valence-electron chi connectivity index (χ3n) is 2.48. The van der Waals surface area contributed by atoms with Gasteiger partial charge in [0, 0.05) is 4.90 Å². The van der Waals surface area contributed by atoms with Crippen molar-refractivity contribution in [2.75, 3.05) is 0 Å². The number of hydrogen-bond acceptors (Lipinski definition) is 1. The Kier molecular flexibility index (Phi) is 2.83. The Morgan fingerprint density at radius 3 is 2.33 bits per heavy atom. The second kappa shape index (κ2) is 4.11. The monoisotopic (exact) mass is 214 g/mol. The summed E-state index contributed by atoms with van der Waals surface area (Å²) < 4.78 is 0. The molecular formula is C14H14S. The zero-order valence-electron chi connectivity index (χ0n) is 8.99. The molecule has 76 valence electrons. The SMILES string of the molecule is Cc1cccc(-c2cc(C)ccc2S)c1. The Morgan fingerprint density at radius 2 is 1.60 bits per heavy atom. The summed E-state index contributed by atoms with van der Waals surface area (Å²) in [5.41, 5.74) is 5.00. The lowest BCUT2D eigenvalue weighted by atomic mass is 10.0. The molecular weight excluding hydrogens is 200 g/mol. The smallest absolute Gasteiger partial charge is 0.0119 e. The van der Waals surface area contributed by atoms with E-state index in [2.05, 4.69) is 68.9 Å². The van der Waals surface area contributed by atoms with Crippen molar-refractivity contribution >= 4 is 12.6 Å². The molecule has 1 heteroatoms. The van der Waals surface area contributed by atoms with E-state index in [9.17, 15) is 0 Å². The largest absolute Gasteiger partial charge is 0.143 e. The molecule has 0 N–H and O–H groups in total. The third-order valence-corrected chi connectivity index (χ3v) is 2.87. The zero-order chi connectivity index (χ0) is 10.8. The summed E-state index contributed by atoms with van der Waals surface area (Å²) in [6, 6.07) is 14.8. The zero-order valence-corrected chi connectivity index (χ0v) is 9.88. The normalized spacial score (nSPS) is 10.3. The molecule has 2 aromatic rings. The van der Waals surface area contributed by atoms with E-state index in [4.69, 9.17) is 0 Å². The molecule has 0 heterocycles. The van der Waals surface area contributed by atoms with Crippen LogP contribution in [0.2, 0.25) is 0 Å². The van der Waals surface area contributed by atoms with Crippen LogP contribution in [0.4, 0.5) is 0 Å². The van der Waals surface area contributed by atoms with Gasteiger partial charge in [-0.3, -0.25) is 0 Å². The first kappa shape index (κ1) is 10.3. The predicted molar refractivity (Wildman–Crippen MR) is 68.6 cm³/mol. The second-order valence-corrected chi connectivity index (χ2v) is 4.37. The van der Waals surface area contributed by atoms with Crippen LogP contribution < -0.4 is 0 Å². The van der Waals surface area contributed by atoms with E-state index in [1.165, 1.54) is 22.3 Å². The molecule has 0 fully saturated rings. The molecule has 0 aliphatic rings. The standard InChI is InChI=1S/C14H14S/c1-10-4-3-5-12(8-10)13-9-11(2)6-7-14(13)15/h3-9,15H,1-2H3. The van der Waals surface area contributed by atoms with Gasteiger partial charge in [-0.15, -0.1) is 12.6 Å². The van der Waals surface area contributed by atoms with Gasteiger partial charge in [0.15, 0.2) is 0 Å². The highest BCUT2D eigenvalue weighted by Gasteiger charge is 2.02. The number of hydrogen-bond donors (Lipinski definition) is 1. The van der Waals surface area contributed by atoms with Crippen LogP contribution in [0.1, 0.15) is 11.1 Å². The van der Waals surface area contributed by atoms with E-state index in [1.807, 2.05) is 0 Å². The van der Waals surface area contributed by atoms with Crippen LogP contribution in [0, 0.1) is 13.8 Å². The molecule has 15 heavy (non-hydrogen) atoms. The van der Waals surface area contributed by atoms with Crippen LogP contribution in [0.5, 0.6) is 0 Å².